The second kappa shape index (κ2) is 4.08. The Kier molecular flexibility index (Phi) is 2.77. The summed E-state index contributed by atoms with van der Waals surface area (Å²) in [4.78, 5) is 25.9. The first-order valence-corrected chi connectivity index (χ1v) is 5.48. The summed E-state index contributed by atoms with van der Waals surface area (Å²) >= 11 is 0. The van der Waals surface area contributed by atoms with Crippen molar-refractivity contribution in [3.8, 4) is 0 Å². The molecule has 1 aromatic rings. The van der Waals surface area contributed by atoms with Crippen LogP contribution < -0.4 is 10.1 Å². The molecule has 1 unspecified atom stereocenters. The summed E-state index contributed by atoms with van der Waals surface area (Å²) in [7, 11) is 0. The van der Waals surface area contributed by atoms with E-state index in [1.54, 1.807) is 13.1 Å². The molecule has 0 saturated heterocycles. The van der Waals surface area contributed by atoms with Crippen molar-refractivity contribution in [1.82, 2.24) is 4.98 Å². The summed E-state index contributed by atoms with van der Waals surface area (Å²) in [5, 5.41) is 0. The minimum atomic E-state index is -0.557. The number of carbonyl (C=O) groups is 1. The maximum absolute atomic E-state index is 11.6. The monoisotopic (exact) mass is 223 g/mol. The molecule has 86 valence electrons. The lowest BCUT2D eigenvalue weighted by Gasteiger charge is -2.04. The van der Waals surface area contributed by atoms with Gasteiger partial charge in [-0.3, -0.25) is 0 Å². The van der Waals surface area contributed by atoms with Gasteiger partial charge in [0.1, 0.15) is 6.20 Å². The van der Waals surface area contributed by atoms with E-state index in [0.29, 0.717) is 6.04 Å². The van der Waals surface area contributed by atoms with Gasteiger partial charge in [0.15, 0.2) is 5.56 Å². The van der Waals surface area contributed by atoms with Crippen LogP contribution in [0.4, 0.5) is 0 Å². The molecule has 0 aliphatic carbocycles. The number of nitrogens with zero attached hydrogens (tertiary/aromatic N) is 1. The molecule has 0 spiro atoms. The minimum Gasteiger partial charge on any atom is -0.462 e. The van der Waals surface area contributed by atoms with Crippen LogP contribution in [0.2, 0.25) is 0 Å². The Bertz CT molecular complexity index is 479. The van der Waals surface area contributed by atoms with Crippen molar-refractivity contribution in [2.24, 2.45) is 0 Å². The Morgan fingerprint density at radius 2 is 2.44 bits per heavy atom. The van der Waals surface area contributed by atoms with E-state index < -0.39 is 5.97 Å². The predicted molar refractivity (Wildman–Crippen MR) is 56.2 cm³/mol. The lowest BCUT2D eigenvalue weighted by atomic mass is 10.2. The molecule has 1 aromatic heterocycles. The number of carbonyl (C=O) groups excluding carboxylic acids is 1. The molecule has 0 radical (unpaired) electrons. The number of esters is 1. The Labute approximate surface area is 93.1 Å². The highest BCUT2D eigenvalue weighted by Crippen LogP contribution is 2.13. The predicted octanol–water partition coefficient (Wildman–Crippen LogP) is 0.346. The van der Waals surface area contributed by atoms with Gasteiger partial charge in [0, 0.05) is 0 Å². The molecule has 2 heterocycles. The largest absolute Gasteiger partial charge is 0.462 e. The van der Waals surface area contributed by atoms with Crippen LogP contribution in [0.3, 0.4) is 0 Å². The fourth-order valence-corrected chi connectivity index (χ4v) is 1.96. The molecule has 0 saturated carbocycles. The van der Waals surface area contributed by atoms with Gasteiger partial charge in [0.25, 0.3) is 5.82 Å². The van der Waals surface area contributed by atoms with Crippen LogP contribution in [0.25, 0.3) is 0 Å². The molecular formula is C11H15N2O3+. The number of aromatic amines is 1. The minimum absolute atomic E-state index is 0.0827. The van der Waals surface area contributed by atoms with E-state index in [0.717, 1.165) is 18.7 Å². The maximum atomic E-state index is 11.6. The first kappa shape index (κ1) is 10.9. The van der Waals surface area contributed by atoms with Gasteiger partial charge in [-0.05, 0) is 20.3 Å². The molecule has 0 fully saturated rings. The van der Waals surface area contributed by atoms with Gasteiger partial charge in [0.05, 0.1) is 19.1 Å². The summed E-state index contributed by atoms with van der Waals surface area (Å²) in [5.41, 5.74) is -0.279. The first-order valence-electron chi connectivity index (χ1n) is 5.48. The Morgan fingerprint density at radius 3 is 3.12 bits per heavy atom. The lowest BCUT2D eigenvalue weighted by molar-refractivity contribution is -0.716. The number of hydrogen-bond donors (Lipinski definition) is 1. The van der Waals surface area contributed by atoms with E-state index in [4.69, 9.17) is 4.74 Å². The standard InChI is InChI=1S/C11H14N2O3/c1-3-16-11(15)8-6-13-7(2)4-5-9(13)12-10(8)14/h6-7H,3-5H2,1-2H3/p+1. The van der Waals surface area contributed by atoms with Crippen LogP contribution >= 0.6 is 0 Å². The molecule has 1 aliphatic heterocycles. The number of fused-ring (bicyclic) bond motifs is 1. The maximum Gasteiger partial charge on any atom is 0.349 e. The fraction of sp³-hybridized carbons (Fsp3) is 0.545. The van der Waals surface area contributed by atoms with Crippen molar-refractivity contribution in [3.05, 3.63) is 27.9 Å². The number of aryl methyl sites for hydroxylation is 1. The summed E-state index contributed by atoms with van der Waals surface area (Å²) in [6, 6.07) is 0.319. The lowest BCUT2D eigenvalue weighted by Crippen LogP contribution is -2.42. The first-order chi connectivity index (χ1) is 7.63. The molecule has 0 amide bonds. The van der Waals surface area contributed by atoms with E-state index in [2.05, 4.69) is 11.9 Å². The molecule has 2 rings (SSSR count). The number of rotatable bonds is 2. The highest BCUT2D eigenvalue weighted by Gasteiger charge is 2.28. The second-order valence-electron chi connectivity index (χ2n) is 3.96. The molecule has 1 aliphatic rings. The normalized spacial score (nSPS) is 18.2. The van der Waals surface area contributed by atoms with Gasteiger partial charge in [0.2, 0.25) is 0 Å². The smallest absolute Gasteiger partial charge is 0.349 e. The number of ether oxygens (including phenoxy) is 1. The topological polar surface area (TPSA) is 63.0 Å². The zero-order valence-electron chi connectivity index (χ0n) is 9.45. The van der Waals surface area contributed by atoms with Crippen LogP contribution in [0, 0.1) is 0 Å². The zero-order valence-corrected chi connectivity index (χ0v) is 9.45. The number of aromatic nitrogens is 2. The van der Waals surface area contributed by atoms with Crippen LogP contribution in [0.15, 0.2) is 11.0 Å². The van der Waals surface area contributed by atoms with Gasteiger partial charge in [-0.15, -0.1) is 0 Å². The van der Waals surface area contributed by atoms with E-state index in [-0.39, 0.29) is 17.7 Å². The summed E-state index contributed by atoms with van der Waals surface area (Å²) < 4.78 is 6.77. The fourth-order valence-electron chi connectivity index (χ4n) is 1.96. The van der Waals surface area contributed by atoms with Crippen molar-refractivity contribution in [2.75, 3.05) is 6.61 Å². The van der Waals surface area contributed by atoms with Crippen LogP contribution in [-0.2, 0) is 11.2 Å². The quantitative estimate of drug-likeness (QED) is 0.581. The molecular weight excluding hydrogens is 208 g/mol. The molecule has 1 atom stereocenters. The van der Waals surface area contributed by atoms with Crippen LogP contribution in [0.1, 0.15) is 42.5 Å². The van der Waals surface area contributed by atoms with Gasteiger partial charge in [-0.25, -0.2) is 19.1 Å². The number of hydrogen-bond acceptors (Lipinski definition) is 3. The van der Waals surface area contributed by atoms with Crippen molar-refractivity contribution >= 4 is 5.97 Å². The molecule has 0 aromatic carbocycles. The van der Waals surface area contributed by atoms with Crippen molar-refractivity contribution in [2.45, 2.75) is 32.7 Å². The molecule has 16 heavy (non-hydrogen) atoms. The number of H-pyrrole nitrogens is 1. The molecule has 5 heteroatoms. The summed E-state index contributed by atoms with van der Waals surface area (Å²) in [6.07, 6.45) is 3.44. The van der Waals surface area contributed by atoms with Gasteiger partial charge >= 0.3 is 11.5 Å². The van der Waals surface area contributed by atoms with Gasteiger partial charge in [-0.1, -0.05) is 0 Å². The Balaban J connectivity index is 2.44. The van der Waals surface area contributed by atoms with E-state index in [9.17, 15) is 9.59 Å². The molecule has 5 nitrogen and oxygen atoms in total. The third-order valence-electron chi connectivity index (χ3n) is 2.85. The van der Waals surface area contributed by atoms with Crippen LogP contribution in [0.5, 0.6) is 0 Å². The highest BCUT2D eigenvalue weighted by molar-refractivity contribution is 5.88. The van der Waals surface area contributed by atoms with E-state index >= 15 is 0 Å². The Hall–Kier alpha value is -1.65. The van der Waals surface area contributed by atoms with E-state index in [1.165, 1.54) is 0 Å². The van der Waals surface area contributed by atoms with Crippen LogP contribution in [-0.4, -0.2) is 17.6 Å². The third kappa shape index (κ3) is 1.73. The molecule has 0 bridgehead atoms. The molecule has 1 N–H and O–H groups in total. The second-order valence-corrected chi connectivity index (χ2v) is 3.96. The van der Waals surface area contributed by atoms with Crippen molar-refractivity contribution < 1.29 is 14.1 Å². The van der Waals surface area contributed by atoms with Gasteiger partial charge in [-0.2, -0.15) is 0 Å². The van der Waals surface area contributed by atoms with E-state index in [1.807, 2.05) is 4.57 Å². The number of nitrogens with one attached hydrogen (secondary N) is 1. The summed E-state index contributed by atoms with van der Waals surface area (Å²) in [5.74, 6) is 0.323. The summed E-state index contributed by atoms with van der Waals surface area (Å²) in [6.45, 7) is 4.05. The van der Waals surface area contributed by atoms with Gasteiger partial charge < -0.3 is 4.74 Å². The van der Waals surface area contributed by atoms with Crippen molar-refractivity contribution in [1.29, 1.82) is 0 Å². The third-order valence-corrected chi connectivity index (χ3v) is 2.85. The zero-order chi connectivity index (χ0) is 11.7. The average molecular weight is 223 g/mol. The van der Waals surface area contributed by atoms with Crippen molar-refractivity contribution in [3.63, 3.8) is 0 Å². The SMILES string of the molecule is CCOC(=O)c1c[n+]2c([nH]c1=O)CCC2C. The Morgan fingerprint density at radius 1 is 1.69 bits per heavy atom. The highest BCUT2D eigenvalue weighted by atomic mass is 16.5. The average Bonchev–Trinajstić information content (AvgIpc) is 2.59.